The van der Waals surface area contributed by atoms with E-state index >= 15 is 0 Å². The van der Waals surface area contributed by atoms with Crippen LogP contribution in [0.5, 0.6) is 0 Å². The molecule has 0 bridgehead atoms. The van der Waals surface area contributed by atoms with Crippen LogP contribution in [0.1, 0.15) is 42.7 Å². The Labute approximate surface area is 210 Å². The number of nitrogens with one attached hydrogen (secondary N) is 2. The highest BCUT2D eigenvalue weighted by Gasteiger charge is 2.52. The SMILES string of the molecule is CC(C)(C)c1ccc([C@@H]2c3sc(=O)n(CC(=O)Nc4ccccc4)c3S[C@@H]3C(=O)NC(=O)[C@H]23)cc1. The number of hydrogen-bond acceptors (Lipinski definition) is 6. The monoisotopic (exact) mass is 507 g/mol. The van der Waals surface area contributed by atoms with Crippen molar-refractivity contribution in [3.8, 4) is 0 Å². The van der Waals surface area contributed by atoms with Crippen LogP contribution < -0.4 is 15.5 Å². The largest absolute Gasteiger partial charge is 0.325 e. The van der Waals surface area contributed by atoms with Crippen LogP contribution >= 0.6 is 23.1 Å². The normalized spacial score (nSPS) is 21.3. The van der Waals surface area contributed by atoms with E-state index in [1.165, 1.54) is 16.3 Å². The van der Waals surface area contributed by atoms with Gasteiger partial charge in [-0.15, -0.1) is 0 Å². The zero-order valence-electron chi connectivity index (χ0n) is 19.5. The molecular formula is C26H25N3O4S2. The minimum absolute atomic E-state index is 0.0321. The predicted octanol–water partition coefficient (Wildman–Crippen LogP) is 3.72. The first kappa shape index (κ1) is 23.6. The number of thiazole rings is 1. The summed E-state index contributed by atoms with van der Waals surface area (Å²) in [6.45, 7) is 6.21. The molecule has 7 nitrogen and oxygen atoms in total. The van der Waals surface area contributed by atoms with Gasteiger partial charge in [0.1, 0.15) is 11.8 Å². The minimum Gasteiger partial charge on any atom is -0.325 e. The molecule has 180 valence electrons. The molecule has 1 saturated heterocycles. The van der Waals surface area contributed by atoms with E-state index in [1.54, 1.807) is 12.1 Å². The van der Waals surface area contributed by atoms with Gasteiger partial charge in [0.25, 0.3) is 0 Å². The van der Waals surface area contributed by atoms with Gasteiger partial charge in [0.2, 0.25) is 17.7 Å². The van der Waals surface area contributed by atoms with Crippen molar-refractivity contribution in [2.24, 2.45) is 5.92 Å². The van der Waals surface area contributed by atoms with E-state index in [4.69, 9.17) is 0 Å². The summed E-state index contributed by atoms with van der Waals surface area (Å²) in [5.41, 5.74) is 2.63. The van der Waals surface area contributed by atoms with E-state index in [9.17, 15) is 19.2 Å². The molecule has 1 fully saturated rings. The molecule has 2 aromatic carbocycles. The maximum atomic E-state index is 13.0. The van der Waals surface area contributed by atoms with Crippen molar-refractivity contribution in [2.45, 2.75) is 48.9 Å². The van der Waals surface area contributed by atoms with E-state index < -0.39 is 17.1 Å². The van der Waals surface area contributed by atoms with Gasteiger partial charge in [0.05, 0.1) is 10.9 Å². The third kappa shape index (κ3) is 4.34. The first-order valence-electron chi connectivity index (χ1n) is 11.3. The van der Waals surface area contributed by atoms with Gasteiger partial charge in [-0.2, -0.15) is 0 Å². The van der Waals surface area contributed by atoms with Crippen molar-refractivity contribution >= 4 is 46.5 Å². The number of benzene rings is 2. The smallest absolute Gasteiger partial charge is 0.308 e. The second-order valence-electron chi connectivity index (χ2n) is 9.81. The van der Waals surface area contributed by atoms with Crippen molar-refractivity contribution in [3.05, 3.63) is 80.3 Å². The molecule has 0 radical (unpaired) electrons. The summed E-state index contributed by atoms with van der Waals surface area (Å²) in [4.78, 5) is 51.7. The lowest BCUT2D eigenvalue weighted by molar-refractivity contribution is -0.126. The fourth-order valence-corrected chi connectivity index (χ4v) is 7.33. The molecule has 35 heavy (non-hydrogen) atoms. The van der Waals surface area contributed by atoms with E-state index in [0.29, 0.717) is 10.7 Å². The lowest BCUT2D eigenvalue weighted by Crippen LogP contribution is -2.32. The Morgan fingerprint density at radius 1 is 1.00 bits per heavy atom. The number of amides is 3. The van der Waals surface area contributed by atoms with Crippen molar-refractivity contribution in [1.82, 2.24) is 9.88 Å². The maximum Gasteiger partial charge on any atom is 0.308 e. The number of imide groups is 1. The molecule has 3 heterocycles. The van der Waals surface area contributed by atoms with Crippen LogP contribution in [0.25, 0.3) is 0 Å². The predicted molar refractivity (Wildman–Crippen MR) is 137 cm³/mol. The third-order valence-corrected chi connectivity index (χ3v) is 9.00. The van der Waals surface area contributed by atoms with E-state index in [1.807, 2.05) is 42.5 Å². The van der Waals surface area contributed by atoms with Gasteiger partial charge in [-0.1, -0.05) is 86.3 Å². The van der Waals surface area contributed by atoms with Crippen molar-refractivity contribution in [1.29, 1.82) is 0 Å². The van der Waals surface area contributed by atoms with Gasteiger partial charge in [-0.3, -0.25) is 29.1 Å². The Kier molecular flexibility index (Phi) is 5.93. The molecule has 1 aromatic heterocycles. The number of rotatable bonds is 4. The molecule has 3 atom stereocenters. The highest BCUT2D eigenvalue weighted by Crippen LogP contribution is 2.51. The standard InChI is InChI=1S/C26H25N3O4S2/c1-26(2,3)15-11-9-14(10-12-15)18-19-20(23(32)28-22(19)31)34-24-21(18)35-25(33)29(24)13-17(30)27-16-7-5-4-6-8-16/h4-12,18-20H,13H2,1-3H3,(H,27,30)(H,28,31,32)/t18-,19+,20-/m0/s1. The third-order valence-electron chi connectivity index (χ3n) is 6.38. The Morgan fingerprint density at radius 2 is 1.69 bits per heavy atom. The number of para-hydroxylation sites is 1. The zero-order valence-corrected chi connectivity index (χ0v) is 21.2. The number of aromatic nitrogens is 1. The summed E-state index contributed by atoms with van der Waals surface area (Å²) >= 11 is 2.25. The molecule has 2 N–H and O–H groups in total. The summed E-state index contributed by atoms with van der Waals surface area (Å²) in [6.07, 6.45) is 0. The summed E-state index contributed by atoms with van der Waals surface area (Å²) in [5, 5.41) is 5.20. The molecule has 0 spiro atoms. The lowest BCUT2D eigenvalue weighted by atomic mass is 9.81. The molecule has 5 rings (SSSR count). The number of nitrogens with zero attached hydrogens (tertiary/aromatic N) is 1. The van der Waals surface area contributed by atoms with Crippen molar-refractivity contribution in [3.63, 3.8) is 0 Å². The molecule has 3 amide bonds. The highest BCUT2D eigenvalue weighted by molar-refractivity contribution is 8.00. The molecule has 9 heteroatoms. The van der Waals surface area contributed by atoms with Gasteiger partial charge in [0.15, 0.2) is 0 Å². The van der Waals surface area contributed by atoms with Crippen LogP contribution in [0.4, 0.5) is 5.69 Å². The first-order valence-corrected chi connectivity index (χ1v) is 13.0. The van der Waals surface area contributed by atoms with Gasteiger partial charge < -0.3 is 5.32 Å². The van der Waals surface area contributed by atoms with E-state index in [0.717, 1.165) is 27.3 Å². The summed E-state index contributed by atoms with van der Waals surface area (Å²) in [5.74, 6) is -2.05. The number of thioether (sulfide) groups is 1. The van der Waals surface area contributed by atoms with Crippen LogP contribution in [0, 0.1) is 5.92 Å². The van der Waals surface area contributed by atoms with Crippen molar-refractivity contribution in [2.75, 3.05) is 5.32 Å². The maximum absolute atomic E-state index is 13.0. The van der Waals surface area contributed by atoms with E-state index in [2.05, 4.69) is 31.4 Å². The highest BCUT2D eigenvalue weighted by atomic mass is 32.2. The van der Waals surface area contributed by atoms with Gasteiger partial charge in [-0.05, 0) is 28.7 Å². The van der Waals surface area contributed by atoms with Gasteiger partial charge in [0, 0.05) is 16.5 Å². The quantitative estimate of drug-likeness (QED) is 0.525. The Hall–Kier alpha value is -3.17. The molecule has 2 aliphatic heterocycles. The second kappa shape index (κ2) is 8.80. The molecule has 0 aliphatic carbocycles. The molecular weight excluding hydrogens is 482 g/mol. The minimum atomic E-state index is -0.653. The second-order valence-corrected chi connectivity index (χ2v) is 11.9. The van der Waals surface area contributed by atoms with Crippen LogP contribution in [0.15, 0.2) is 64.4 Å². The lowest BCUT2D eigenvalue weighted by Gasteiger charge is -2.31. The van der Waals surface area contributed by atoms with Gasteiger partial charge in [-0.25, -0.2) is 0 Å². The number of anilines is 1. The number of carbonyl (C=O) groups is 3. The van der Waals surface area contributed by atoms with Crippen LogP contribution in [0.3, 0.4) is 0 Å². The molecule has 0 unspecified atom stereocenters. The average molecular weight is 508 g/mol. The molecule has 3 aromatic rings. The fourth-order valence-electron chi connectivity index (χ4n) is 4.59. The average Bonchev–Trinajstić information content (AvgIpc) is 3.27. The molecule has 0 saturated carbocycles. The van der Waals surface area contributed by atoms with Crippen molar-refractivity contribution < 1.29 is 14.4 Å². The number of carbonyl (C=O) groups excluding carboxylic acids is 3. The first-order chi connectivity index (χ1) is 16.6. The van der Waals surface area contributed by atoms with E-state index in [-0.39, 0.29) is 34.6 Å². The fraction of sp³-hybridized carbons (Fsp3) is 0.308. The van der Waals surface area contributed by atoms with Crippen LogP contribution in [-0.4, -0.2) is 27.5 Å². The Morgan fingerprint density at radius 3 is 2.34 bits per heavy atom. The number of fused-ring (bicyclic) bond motifs is 2. The Bertz CT molecular complexity index is 1370. The molecule has 2 aliphatic rings. The summed E-state index contributed by atoms with van der Waals surface area (Å²) in [7, 11) is 0. The summed E-state index contributed by atoms with van der Waals surface area (Å²) < 4.78 is 1.42. The number of hydrogen-bond donors (Lipinski definition) is 2. The topological polar surface area (TPSA) is 97.3 Å². The van der Waals surface area contributed by atoms with Gasteiger partial charge >= 0.3 is 4.87 Å². The zero-order chi connectivity index (χ0) is 24.9. The Balaban J connectivity index is 1.54. The van der Waals surface area contributed by atoms with Crippen LogP contribution in [0.2, 0.25) is 0 Å². The van der Waals surface area contributed by atoms with Crippen LogP contribution in [-0.2, 0) is 26.3 Å². The summed E-state index contributed by atoms with van der Waals surface area (Å²) in [6, 6.07) is 17.1.